The highest BCUT2D eigenvalue weighted by Crippen LogP contribution is 2.45. The van der Waals surface area contributed by atoms with E-state index < -0.39 is 97.5 Å². The van der Waals surface area contributed by atoms with E-state index in [2.05, 4.69) is 41.5 Å². The van der Waals surface area contributed by atoms with Crippen molar-refractivity contribution < 1.29 is 80.2 Å². The Kier molecular flexibility index (Phi) is 75.0. The van der Waals surface area contributed by atoms with Crippen molar-refractivity contribution >= 4 is 39.5 Å². The first kappa shape index (κ1) is 102. The maximum atomic E-state index is 13.1. The number of ether oxygens (including phenoxy) is 4. The molecule has 0 radical (unpaired) electrons. The molecule has 0 heterocycles. The Morgan fingerprint density at radius 1 is 0.279 bits per heavy atom. The number of hydrogen-bond donors (Lipinski definition) is 3. The fourth-order valence-electron chi connectivity index (χ4n) is 13.2. The predicted molar refractivity (Wildman–Crippen MR) is 428 cm³/mol. The quantitative estimate of drug-likeness (QED) is 0.0222. The zero-order chi connectivity index (χ0) is 76.4. The Morgan fingerprint density at radius 2 is 0.490 bits per heavy atom. The highest BCUT2D eigenvalue weighted by atomic mass is 31.2. The molecule has 0 aliphatic carbocycles. The van der Waals surface area contributed by atoms with Gasteiger partial charge in [0.2, 0.25) is 0 Å². The fraction of sp³-hybridized carbons (Fsp3) is 0.953. The number of carbonyl (C=O) groups is 4. The normalized spacial score (nSPS) is 14.1. The van der Waals surface area contributed by atoms with Crippen molar-refractivity contribution in [3.8, 4) is 0 Å². The van der Waals surface area contributed by atoms with Crippen LogP contribution in [0.25, 0.3) is 0 Å². The first-order valence-electron chi connectivity index (χ1n) is 44.0. The summed E-state index contributed by atoms with van der Waals surface area (Å²) in [4.78, 5) is 73.2. The molecule has 6 atom stereocenters. The number of rotatable bonds is 84. The maximum Gasteiger partial charge on any atom is 0.472 e. The number of phosphoric acid groups is 2. The number of unbranched alkanes of at least 4 members (excludes halogenated alkanes) is 53. The van der Waals surface area contributed by atoms with E-state index in [4.69, 9.17) is 37.0 Å². The second-order valence-corrected chi connectivity index (χ2v) is 34.2. The lowest BCUT2D eigenvalue weighted by Crippen LogP contribution is -2.30. The van der Waals surface area contributed by atoms with Gasteiger partial charge in [-0.2, -0.15) is 0 Å². The highest BCUT2D eigenvalue weighted by Gasteiger charge is 2.30. The second-order valence-electron chi connectivity index (χ2n) is 31.3. The average Bonchev–Trinajstić information content (AvgIpc) is 0.906. The molecule has 19 heteroatoms. The van der Waals surface area contributed by atoms with Crippen LogP contribution in [0.1, 0.15) is 452 Å². The molecule has 0 aliphatic rings. The molecule has 0 amide bonds. The molecule has 0 aliphatic heterocycles. The summed E-state index contributed by atoms with van der Waals surface area (Å²) in [5.41, 5.74) is 0. The van der Waals surface area contributed by atoms with Crippen molar-refractivity contribution in [2.24, 2.45) is 11.8 Å². The van der Waals surface area contributed by atoms with E-state index in [-0.39, 0.29) is 25.7 Å². The van der Waals surface area contributed by atoms with Gasteiger partial charge < -0.3 is 33.8 Å². The largest absolute Gasteiger partial charge is 0.472 e. The minimum Gasteiger partial charge on any atom is -0.462 e. The van der Waals surface area contributed by atoms with Gasteiger partial charge in [0, 0.05) is 25.7 Å². The van der Waals surface area contributed by atoms with Crippen LogP contribution >= 0.6 is 15.6 Å². The molecule has 0 fully saturated rings. The SMILES string of the molecule is CCCCCCCCCCCCCCCCCCCCCC(=O)O[C@H](COC(=O)CCCCCCCCCCCCCCCCCC(C)C)COP(=O)(O)OC[C@@H](O)COP(=O)(O)OC[C@@H](COC(=O)CCCCCCCCC(C)CC)OC(=O)CCCCCCCCCCCCCCCCCCC. The minimum atomic E-state index is -4.97. The molecule has 0 spiro atoms. The Bertz CT molecular complexity index is 2000. The van der Waals surface area contributed by atoms with Crippen molar-refractivity contribution in [3.05, 3.63) is 0 Å². The number of aliphatic hydroxyl groups excluding tert-OH is 1. The molecule has 0 saturated carbocycles. The van der Waals surface area contributed by atoms with Crippen LogP contribution in [-0.2, 0) is 65.4 Å². The molecule has 0 saturated heterocycles. The Hall–Kier alpha value is -1.94. The molecule has 17 nitrogen and oxygen atoms in total. The number of carbonyl (C=O) groups excluding carboxylic acids is 4. The van der Waals surface area contributed by atoms with Crippen molar-refractivity contribution in [1.29, 1.82) is 0 Å². The van der Waals surface area contributed by atoms with Gasteiger partial charge >= 0.3 is 39.5 Å². The summed E-state index contributed by atoms with van der Waals surface area (Å²) in [6.45, 7) is 9.66. The first-order chi connectivity index (χ1) is 50.4. The molecular formula is C85H166O17P2. The summed E-state index contributed by atoms with van der Waals surface area (Å²) in [6, 6.07) is 0. The fourth-order valence-corrected chi connectivity index (χ4v) is 14.8. The van der Waals surface area contributed by atoms with Gasteiger partial charge in [0.25, 0.3) is 0 Å². The predicted octanol–water partition coefficient (Wildman–Crippen LogP) is 25.8. The molecule has 3 N–H and O–H groups in total. The van der Waals surface area contributed by atoms with E-state index >= 15 is 0 Å². The van der Waals surface area contributed by atoms with E-state index in [9.17, 15) is 43.2 Å². The third kappa shape index (κ3) is 76.8. The van der Waals surface area contributed by atoms with Crippen LogP contribution in [0.3, 0.4) is 0 Å². The summed E-state index contributed by atoms with van der Waals surface area (Å²) in [6.07, 6.45) is 68.1. The van der Waals surface area contributed by atoms with Gasteiger partial charge in [0.15, 0.2) is 12.2 Å². The second kappa shape index (κ2) is 76.4. The van der Waals surface area contributed by atoms with E-state index in [1.54, 1.807) is 0 Å². The van der Waals surface area contributed by atoms with Gasteiger partial charge in [-0.3, -0.25) is 37.3 Å². The molecule has 0 aromatic heterocycles. The van der Waals surface area contributed by atoms with E-state index in [0.29, 0.717) is 25.7 Å². The van der Waals surface area contributed by atoms with Crippen molar-refractivity contribution in [2.75, 3.05) is 39.6 Å². The monoisotopic (exact) mass is 1520 g/mol. The molecule has 3 unspecified atom stereocenters. The van der Waals surface area contributed by atoms with Gasteiger partial charge in [0.1, 0.15) is 19.3 Å². The van der Waals surface area contributed by atoms with E-state index in [1.807, 2.05) is 0 Å². The van der Waals surface area contributed by atoms with Gasteiger partial charge in [-0.05, 0) is 37.5 Å². The molecule has 618 valence electrons. The molecule has 0 aromatic carbocycles. The van der Waals surface area contributed by atoms with Crippen molar-refractivity contribution in [1.82, 2.24) is 0 Å². The van der Waals surface area contributed by atoms with Crippen molar-refractivity contribution in [2.45, 2.75) is 471 Å². The summed E-state index contributed by atoms with van der Waals surface area (Å²) >= 11 is 0. The number of esters is 4. The van der Waals surface area contributed by atoms with E-state index in [1.165, 1.54) is 263 Å². The van der Waals surface area contributed by atoms with E-state index in [0.717, 1.165) is 108 Å². The Morgan fingerprint density at radius 3 is 0.731 bits per heavy atom. The van der Waals surface area contributed by atoms with Crippen molar-refractivity contribution in [3.63, 3.8) is 0 Å². The van der Waals surface area contributed by atoms with Crippen LogP contribution in [0.2, 0.25) is 0 Å². The molecule has 0 aromatic rings. The lowest BCUT2D eigenvalue weighted by molar-refractivity contribution is -0.161. The molecular weight excluding hydrogens is 1350 g/mol. The van der Waals surface area contributed by atoms with Crippen LogP contribution in [0, 0.1) is 11.8 Å². The first-order valence-corrected chi connectivity index (χ1v) is 47.0. The average molecular weight is 1520 g/mol. The molecule has 104 heavy (non-hydrogen) atoms. The maximum absolute atomic E-state index is 13.1. The Balaban J connectivity index is 5.24. The third-order valence-corrected chi connectivity index (χ3v) is 22.2. The smallest absolute Gasteiger partial charge is 0.462 e. The number of aliphatic hydroxyl groups is 1. The van der Waals surface area contributed by atoms with Crippen LogP contribution in [-0.4, -0.2) is 96.7 Å². The summed E-state index contributed by atoms with van der Waals surface area (Å²) in [5, 5.41) is 10.7. The zero-order valence-corrected chi connectivity index (χ0v) is 70.1. The zero-order valence-electron chi connectivity index (χ0n) is 68.3. The third-order valence-electron chi connectivity index (χ3n) is 20.3. The van der Waals surface area contributed by atoms with Gasteiger partial charge in [-0.15, -0.1) is 0 Å². The lowest BCUT2D eigenvalue weighted by atomic mass is 10.00. The van der Waals surface area contributed by atoms with Gasteiger partial charge in [-0.1, -0.05) is 401 Å². The standard InChI is InChI=1S/C85H166O17P2/c1-7-10-12-14-16-18-20-22-24-26-27-29-33-38-42-46-50-58-63-69-84(89)101-80(73-95-82(87)67-61-55-48-44-40-36-34-30-31-35-39-43-47-53-59-65-77(4)5)75-99-103(91,92)97-71-79(86)72-98-104(93,94)100-76-81(74-96-83(88)68-62-56-52-51-54-60-66-78(6)9-3)102-85(90)70-64-57-49-45-41-37-32-28-25-23-21-19-17-15-13-11-8-2/h77-81,86H,7-76H2,1-6H3,(H,91,92)(H,93,94)/t78?,79-,80-,81-/m1/s1. The Labute approximate surface area is 638 Å². The summed E-state index contributed by atoms with van der Waals surface area (Å²) < 4.78 is 68.9. The van der Waals surface area contributed by atoms with Crippen LogP contribution in [0.15, 0.2) is 0 Å². The van der Waals surface area contributed by atoms with Crippen LogP contribution in [0.5, 0.6) is 0 Å². The van der Waals surface area contributed by atoms with Gasteiger partial charge in [-0.25, -0.2) is 9.13 Å². The summed E-state index contributed by atoms with van der Waals surface area (Å²) in [7, 11) is -9.93. The minimum absolute atomic E-state index is 0.108. The summed E-state index contributed by atoms with van der Waals surface area (Å²) in [5.74, 6) is -0.566. The molecule has 0 bridgehead atoms. The van der Waals surface area contributed by atoms with Gasteiger partial charge in [0.05, 0.1) is 26.4 Å². The van der Waals surface area contributed by atoms with Crippen LogP contribution < -0.4 is 0 Å². The number of phosphoric ester groups is 2. The van der Waals surface area contributed by atoms with Crippen LogP contribution in [0.4, 0.5) is 0 Å². The lowest BCUT2D eigenvalue weighted by Gasteiger charge is -2.21. The molecule has 0 rings (SSSR count). The topological polar surface area (TPSA) is 237 Å². The number of hydrogen-bond acceptors (Lipinski definition) is 15. The highest BCUT2D eigenvalue weighted by molar-refractivity contribution is 7.47.